The molecule has 1 aliphatic rings. The first-order valence-electron chi connectivity index (χ1n) is 7.19. The monoisotopic (exact) mass is 261 g/mol. The summed E-state index contributed by atoms with van der Waals surface area (Å²) >= 11 is 0. The van der Waals surface area contributed by atoms with E-state index in [1.54, 1.807) is 6.92 Å². The van der Waals surface area contributed by atoms with Crippen LogP contribution in [0.25, 0.3) is 0 Å². The summed E-state index contributed by atoms with van der Waals surface area (Å²) in [6.45, 7) is 3.82. The lowest BCUT2D eigenvalue weighted by atomic mass is 9.95. The van der Waals surface area contributed by atoms with Gasteiger partial charge < -0.3 is 10.1 Å². The highest BCUT2D eigenvalue weighted by Gasteiger charge is 2.20. The molecule has 1 amide bonds. The van der Waals surface area contributed by atoms with Gasteiger partial charge in [-0.1, -0.05) is 31.4 Å². The van der Waals surface area contributed by atoms with Gasteiger partial charge in [0, 0.05) is 6.04 Å². The van der Waals surface area contributed by atoms with Crippen LogP contribution in [0.1, 0.15) is 44.6 Å². The molecule has 3 heteroatoms. The number of amides is 1. The number of nitrogens with one attached hydrogen (secondary N) is 1. The second kappa shape index (κ2) is 6.60. The minimum absolute atomic E-state index is 0.00611. The van der Waals surface area contributed by atoms with Crippen LogP contribution in [-0.2, 0) is 4.79 Å². The highest BCUT2D eigenvalue weighted by atomic mass is 16.5. The third kappa shape index (κ3) is 4.27. The zero-order valence-electron chi connectivity index (χ0n) is 11.8. The fourth-order valence-electron chi connectivity index (χ4n) is 2.51. The van der Waals surface area contributed by atoms with E-state index in [4.69, 9.17) is 4.74 Å². The highest BCUT2D eigenvalue weighted by molar-refractivity contribution is 5.81. The van der Waals surface area contributed by atoms with Gasteiger partial charge in [0.1, 0.15) is 5.75 Å². The van der Waals surface area contributed by atoms with Crippen LogP contribution in [0.15, 0.2) is 24.3 Å². The van der Waals surface area contributed by atoms with E-state index < -0.39 is 6.10 Å². The van der Waals surface area contributed by atoms with Gasteiger partial charge in [0.2, 0.25) is 0 Å². The van der Waals surface area contributed by atoms with Crippen molar-refractivity contribution in [1.82, 2.24) is 5.32 Å². The van der Waals surface area contributed by atoms with Crippen LogP contribution in [0.3, 0.4) is 0 Å². The van der Waals surface area contributed by atoms with Gasteiger partial charge in [0.25, 0.3) is 5.91 Å². The minimum Gasteiger partial charge on any atom is -0.481 e. The smallest absolute Gasteiger partial charge is 0.260 e. The van der Waals surface area contributed by atoms with E-state index in [9.17, 15) is 4.79 Å². The Morgan fingerprint density at radius 3 is 2.74 bits per heavy atom. The lowest BCUT2D eigenvalue weighted by Gasteiger charge is -2.24. The number of carbonyl (C=O) groups excluding carboxylic acids is 1. The number of benzene rings is 1. The maximum Gasteiger partial charge on any atom is 0.260 e. The van der Waals surface area contributed by atoms with Gasteiger partial charge >= 0.3 is 0 Å². The second-order valence-electron chi connectivity index (χ2n) is 5.42. The van der Waals surface area contributed by atoms with Crippen molar-refractivity contribution in [3.05, 3.63) is 29.8 Å². The van der Waals surface area contributed by atoms with E-state index in [1.165, 1.54) is 19.3 Å². The molecule has 3 nitrogen and oxygen atoms in total. The summed E-state index contributed by atoms with van der Waals surface area (Å²) in [5, 5.41) is 3.09. The third-order valence-corrected chi connectivity index (χ3v) is 3.62. The Morgan fingerprint density at radius 2 is 2.05 bits per heavy atom. The van der Waals surface area contributed by atoms with Crippen LogP contribution in [0.4, 0.5) is 0 Å². The topological polar surface area (TPSA) is 38.3 Å². The number of hydrogen-bond acceptors (Lipinski definition) is 2. The third-order valence-electron chi connectivity index (χ3n) is 3.62. The van der Waals surface area contributed by atoms with E-state index in [1.807, 2.05) is 31.2 Å². The molecule has 1 aromatic carbocycles. The lowest BCUT2D eigenvalue weighted by Crippen LogP contribution is -2.43. The summed E-state index contributed by atoms with van der Waals surface area (Å²) in [6, 6.07) is 8.13. The largest absolute Gasteiger partial charge is 0.481 e. The lowest BCUT2D eigenvalue weighted by molar-refractivity contribution is -0.128. The van der Waals surface area contributed by atoms with Crippen LogP contribution in [-0.4, -0.2) is 18.1 Å². The Labute approximate surface area is 115 Å². The molecule has 1 unspecified atom stereocenters. The fraction of sp³-hybridized carbons (Fsp3) is 0.562. The molecule has 0 aliphatic heterocycles. The van der Waals surface area contributed by atoms with Gasteiger partial charge in [0.05, 0.1) is 0 Å². The van der Waals surface area contributed by atoms with Gasteiger partial charge in [-0.3, -0.25) is 4.79 Å². The molecule has 1 fully saturated rings. The maximum atomic E-state index is 12.1. The summed E-state index contributed by atoms with van der Waals surface area (Å²) in [7, 11) is 0. The Hall–Kier alpha value is -1.51. The molecule has 1 aromatic rings. The molecular formula is C16H23NO2. The molecule has 0 saturated heterocycles. The molecular weight excluding hydrogens is 238 g/mol. The van der Waals surface area contributed by atoms with Gasteiger partial charge in [-0.2, -0.15) is 0 Å². The number of rotatable bonds is 4. The SMILES string of the molecule is Cc1cccc(OC(C)C(=O)NC2CCCCC2)c1. The molecule has 104 valence electrons. The molecule has 0 radical (unpaired) electrons. The van der Waals surface area contributed by atoms with E-state index >= 15 is 0 Å². The molecule has 1 aliphatic carbocycles. The molecule has 0 heterocycles. The van der Waals surface area contributed by atoms with Crippen molar-refractivity contribution in [2.24, 2.45) is 0 Å². The fourth-order valence-corrected chi connectivity index (χ4v) is 2.51. The number of carbonyl (C=O) groups is 1. The zero-order valence-corrected chi connectivity index (χ0v) is 11.8. The van der Waals surface area contributed by atoms with E-state index in [2.05, 4.69) is 5.32 Å². The summed E-state index contributed by atoms with van der Waals surface area (Å²) in [6.07, 6.45) is 5.49. The standard InChI is InChI=1S/C16H23NO2/c1-12-7-6-10-15(11-12)19-13(2)16(18)17-14-8-4-3-5-9-14/h6-7,10-11,13-14H,3-5,8-9H2,1-2H3,(H,17,18). The average molecular weight is 261 g/mol. The van der Waals surface area contributed by atoms with Gasteiger partial charge in [-0.15, -0.1) is 0 Å². The average Bonchev–Trinajstić information content (AvgIpc) is 2.40. The molecule has 0 aromatic heterocycles. The first-order chi connectivity index (χ1) is 9.15. The van der Waals surface area contributed by atoms with Gasteiger partial charge in [0.15, 0.2) is 6.10 Å². The maximum absolute atomic E-state index is 12.1. The predicted octanol–water partition coefficient (Wildman–Crippen LogP) is 3.21. The van der Waals surface area contributed by atoms with Crippen LogP contribution >= 0.6 is 0 Å². The van der Waals surface area contributed by atoms with Crippen molar-refractivity contribution in [2.75, 3.05) is 0 Å². The molecule has 0 spiro atoms. The van der Waals surface area contributed by atoms with Crippen LogP contribution in [0.5, 0.6) is 5.75 Å². The summed E-state index contributed by atoms with van der Waals surface area (Å²) in [5.74, 6) is 0.750. The Kier molecular flexibility index (Phi) is 4.83. The highest BCUT2D eigenvalue weighted by Crippen LogP contribution is 2.18. The molecule has 0 bridgehead atoms. The molecule has 2 rings (SSSR count). The van der Waals surface area contributed by atoms with Crippen molar-refractivity contribution in [3.8, 4) is 5.75 Å². The van der Waals surface area contributed by atoms with Crippen molar-refractivity contribution < 1.29 is 9.53 Å². The van der Waals surface area contributed by atoms with Crippen LogP contribution in [0, 0.1) is 6.92 Å². The van der Waals surface area contributed by atoms with E-state index in [0.717, 1.165) is 24.2 Å². The summed E-state index contributed by atoms with van der Waals surface area (Å²) in [5.41, 5.74) is 1.14. The summed E-state index contributed by atoms with van der Waals surface area (Å²) in [4.78, 5) is 12.1. The van der Waals surface area contributed by atoms with Gasteiger partial charge in [-0.25, -0.2) is 0 Å². The van der Waals surface area contributed by atoms with Crippen molar-refractivity contribution >= 4 is 5.91 Å². The van der Waals surface area contributed by atoms with E-state index in [0.29, 0.717) is 6.04 Å². The van der Waals surface area contributed by atoms with Crippen LogP contribution < -0.4 is 10.1 Å². The Balaban J connectivity index is 1.84. The molecule has 1 N–H and O–H groups in total. The molecule has 19 heavy (non-hydrogen) atoms. The minimum atomic E-state index is -0.441. The molecule has 1 saturated carbocycles. The summed E-state index contributed by atoms with van der Waals surface area (Å²) < 4.78 is 5.69. The van der Waals surface area contributed by atoms with Crippen molar-refractivity contribution in [1.29, 1.82) is 0 Å². The number of ether oxygens (including phenoxy) is 1. The normalized spacial score (nSPS) is 17.8. The second-order valence-corrected chi connectivity index (χ2v) is 5.42. The van der Waals surface area contributed by atoms with E-state index in [-0.39, 0.29) is 5.91 Å². The van der Waals surface area contributed by atoms with Gasteiger partial charge in [-0.05, 0) is 44.4 Å². The zero-order chi connectivity index (χ0) is 13.7. The Bertz CT molecular complexity index is 425. The van der Waals surface area contributed by atoms with Crippen LogP contribution in [0.2, 0.25) is 0 Å². The number of aryl methyl sites for hydroxylation is 1. The first-order valence-corrected chi connectivity index (χ1v) is 7.19. The predicted molar refractivity (Wildman–Crippen MR) is 76.3 cm³/mol. The van der Waals surface area contributed by atoms with Crippen molar-refractivity contribution in [3.63, 3.8) is 0 Å². The first kappa shape index (κ1) is 13.9. The Morgan fingerprint density at radius 1 is 1.32 bits per heavy atom. The number of hydrogen-bond donors (Lipinski definition) is 1. The van der Waals surface area contributed by atoms with Crippen molar-refractivity contribution in [2.45, 2.75) is 58.1 Å². The quantitative estimate of drug-likeness (QED) is 0.903. The molecule has 1 atom stereocenters.